The number of rotatable bonds is 3. The number of carbonyl (C=O) groups excluding carboxylic acids is 1. The van der Waals surface area contributed by atoms with Crippen molar-refractivity contribution in [3.63, 3.8) is 0 Å². The number of nitrogens with one attached hydrogen (secondary N) is 1. The van der Waals surface area contributed by atoms with E-state index in [0.717, 1.165) is 31.7 Å². The summed E-state index contributed by atoms with van der Waals surface area (Å²) in [7, 11) is -4.04. The molecule has 8 heteroatoms. The third-order valence-corrected chi connectivity index (χ3v) is 5.17. The van der Waals surface area contributed by atoms with Gasteiger partial charge in [0.05, 0.1) is 10.6 Å². The predicted octanol–water partition coefficient (Wildman–Crippen LogP) is 2.70. The number of halogens is 2. The largest absolute Gasteiger partial charge is 0.349 e. The summed E-state index contributed by atoms with van der Waals surface area (Å²) in [4.78, 5) is 11.9. The SMILES string of the molecule is NS(=O)(=O)c1cc(Cl)cc(C(=O)NC2CCCCC2)c1Cl. The van der Waals surface area contributed by atoms with Gasteiger partial charge in [-0.1, -0.05) is 42.5 Å². The highest BCUT2D eigenvalue weighted by Gasteiger charge is 2.23. The minimum atomic E-state index is -4.04. The Labute approximate surface area is 133 Å². The summed E-state index contributed by atoms with van der Waals surface area (Å²) in [6, 6.07) is 2.56. The van der Waals surface area contributed by atoms with Crippen LogP contribution in [0.25, 0.3) is 0 Å². The summed E-state index contributed by atoms with van der Waals surface area (Å²) >= 11 is 11.9. The van der Waals surface area contributed by atoms with Crippen molar-refractivity contribution in [3.05, 3.63) is 27.7 Å². The van der Waals surface area contributed by atoms with Crippen LogP contribution < -0.4 is 10.5 Å². The van der Waals surface area contributed by atoms with Crippen molar-refractivity contribution in [1.82, 2.24) is 5.32 Å². The Hall–Kier alpha value is -0.820. The monoisotopic (exact) mass is 350 g/mol. The molecule has 2 rings (SSSR count). The van der Waals surface area contributed by atoms with Gasteiger partial charge in [0.2, 0.25) is 10.0 Å². The molecule has 0 saturated heterocycles. The van der Waals surface area contributed by atoms with Gasteiger partial charge in [0.15, 0.2) is 0 Å². The zero-order valence-electron chi connectivity index (χ0n) is 11.2. The Morgan fingerprint density at radius 1 is 1.19 bits per heavy atom. The summed E-state index contributed by atoms with van der Waals surface area (Å²) in [6.07, 6.45) is 5.12. The fourth-order valence-electron chi connectivity index (χ4n) is 2.45. The van der Waals surface area contributed by atoms with Gasteiger partial charge in [-0.25, -0.2) is 13.6 Å². The Morgan fingerprint density at radius 2 is 1.81 bits per heavy atom. The molecule has 1 saturated carbocycles. The van der Waals surface area contributed by atoms with Crippen molar-refractivity contribution in [2.45, 2.75) is 43.0 Å². The average molecular weight is 351 g/mol. The van der Waals surface area contributed by atoms with Gasteiger partial charge in [0.1, 0.15) is 4.90 Å². The molecule has 0 heterocycles. The van der Waals surface area contributed by atoms with E-state index in [2.05, 4.69) is 5.32 Å². The first-order valence-corrected chi connectivity index (χ1v) is 8.92. The Bertz CT molecular complexity index is 656. The van der Waals surface area contributed by atoms with Crippen LogP contribution in [0.1, 0.15) is 42.5 Å². The number of amides is 1. The molecule has 1 aliphatic rings. The van der Waals surface area contributed by atoms with Crippen LogP contribution in [0.3, 0.4) is 0 Å². The van der Waals surface area contributed by atoms with Crippen LogP contribution in [0.15, 0.2) is 17.0 Å². The van der Waals surface area contributed by atoms with Gasteiger partial charge < -0.3 is 5.32 Å². The number of hydrogen-bond donors (Lipinski definition) is 2. The van der Waals surface area contributed by atoms with Gasteiger partial charge >= 0.3 is 0 Å². The van der Waals surface area contributed by atoms with E-state index in [1.807, 2.05) is 0 Å². The molecule has 1 fully saturated rings. The summed E-state index contributed by atoms with van der Waals surface area (Å²) in [5.41, 5.74) is 0.0266. The lowest BCUT2D eigenvalue weighted by Gasteiger charge is -2.23. The molecule has 5 nitrogen and oxygen atoms in total. The zero-order valence-corrected chi connectivity index (χ0v) is 13.6. The second kappa shape index (κ2) is 6.52. The standard InChI is InChI=1S/C13H16Cl2N2O3S/c14-8-6-10(12(15)11(7-8)21(16,19)20)13(18)17-9-4-2-1-3-5-9/h6-7,9H,1-5H2,(H,17,18)(H2,16,19,20). The van der Waals surface area contributed by atoms with Crippen LogP contribution in [0.5, 0.6) is 0 Å². The fraction of sp³-hybridized carbons (Fsp3) is 0.462. The van der Waals surface area contributed by atoms with E-state index >= 15 is 0 Å². The molecule has 1 aliphatic carbocycles. The minimum Gasteiger partial charge on any atom is -0.349 e. The van der Waals surface area contributed by atoms with Crippen molar-refractivity contribution in [2.24, 2.45) is 5.14 Å². The van der Waals surface area contributed by atoms with Crippen LogP contribution in [0, 0.1) is 0 Å². The van der Waals surface area contributed by atoms with Crippen molar-refractivity contribution >= 4 is 39.1 Å². The smallest absolute Gasteiger partial charge is 0.253 e. The lowest BCUT2D eigenvalue weighted by Crippen LogP contribution is -2.36. The second-order valence-electron chi connectivity index (χ2n) is 5.12. The fourth-order valence-corrected chi connectivity index (χ4v) is 3.90. The Balaban J connectivity index is 2.30. The average Bonchev–Trinajstić information content (AvgIpc) is 2.40. The van der Waals surface area contributed by atoms with Gasteiger partial charge in [-0.3, -0.25) is 4.79 Å². The second-order valence-corrected chi connectivity index (χ2v) is 7.46. The van der Waals surface area contributed by atoms with E-state index in [1.54, 1.807) is 0 Å². The van der Waals surface area contributed by atoms with E-state index in [-0.39, 0.29) is 26.5 Å². The molecule has 1 amide bonds. The molecule has 1 aromatic carbocycles. The van der Waals surface area contributed by atoms with Crippen molar-refractivity contribution < 1.29 is 13.2 Å². The molecule has 1 aromatic rings. The zero-order chi connectivity index (χ0) is 15.6. The lowest BCUT2D eigenvalue weighted by molar-refractivity contribution is 0.0927. The number of hydrogen-bond acceptors (Lipinski definition) is 3. The van der Waals surface area contributed by atoms with Gasteiger partial charge in [0, 0.05) is 11.1 Å². The van der Waals surface area contributed by atoms with Crippen molar-refractivity contribution in [3.8, 4) is 0 Å². The molecule has 0 aliphatic heterocycles. The molecule has 0 atom stereocenters. The summed E-state index contributed by atoms with van der Waals surface area (Å²) in [6.45, 7) is 0. The number of benzene rings is 1. The first-order valence-electron chi connectivity index (χ1n) is 6.62. The summed E-state index contributed by atoms with van der Waals surface area (Å²) < 4.78 is 22.9. The number of primary sulfonamides is 1. The van der Waals surface area contributed by atoms with E-state index in [4.69, 9.17) is 28.3 Å². The third kappa shape index (κ3) is 4.10. The highest BCUT2D eigenvalue weighted by Crippen LogP contribution is 2.29. The van der Waals surface area contributed by atoms with Crippen LogP contribution in [0.4, 0.5) is 0 Å². The Morgan fingerprint density at radius 3 is 2.38 bits per heavy atom. The first-order chi connectivity index (χ1) is 9.79. The number of sulfonamides is 1. The first kappa shape index (κ1) is 16.5. The molecule has 0 radical (unpaired) electrons. The van der Waals surface area contributed by atoms with Crippen molar-refractivity contribution in [2.75, 3.05) is 0 Å². The maximum absolute atomic E-state index is 12.3. The highest BCUT2D eigenvalue weighted by molar-refractivity contribution is 7.89. The molecule has 0 unspecified atom stereocenters. The van der Waals surface area contributed by atoms with Gasteiger partial charge in [-0.15, -0.1) is 0 Å². The molecule has 0 spiro atoms. The van der Waals surface area contributed by atoms with Crippen LogP contribution in [-0.2, 0) is 10.0 Å². The molecule has 3 N–H and O–H groups in total. The van der Waals surface area contributed by atoms with Crippen LogP contribution in [0.2, 0.25) is 10.0 Å². The molecule has 21 heavy (non-hydrogen) atoms. The maximum atomic E-state index is 12.3. The van der Waals surface area contributed by atoms with Crippen LogP contribution >= 0.6 is 23.2 Å². The van der Waals surface area contributed by atoms with Crippen LogP contribution in [-0.4, -0.2) is 20.4 Å². The molecular formula is C13H16Cl2N2O3S. The van der Waals surface area contributed by atoms with Crippen molar-refractivity contribution in [1.29, 1.82) is 0 Å². The summed E-state index contributed by atoms with van der Waals surface area (Å²) in [5.74, 6) is -0.431. The van der Waals surface area contributed by atoms with E-state index < -0.39 is 15.9 Å². The number of nitrogens with two attached hydrogens (primary N) is 1. The third-order valence-electron chi connectivity index (χ3n) is 3.50. The quantitative estimate of drug-likeness (QED) is 0.877. The highest BCUT2D eigenvalue weighted by atomic mass is 35.5. The summed E-state index contributed by atoms with van der Waals surface area (Å²) in [5, 5.41) is 7.84. The molecule has 0 bridgehead atoms. The van der Waals surface area contributed by atoms with E-state index in [9.17, 15) is 13.2 Å². The topological polar surface area (TPSA) is 89.3 Å². The number of carbonyl (C=O) groups is 1. The van der Waals surface area contributed by atoms with Gasteiger partial charge in [-0.05, 0) is 25.0 Å². The maximum Gasteiger partial charge on any atom is 0.253 e. The minimum absolute atomic E-state index is 0.0266. The van der Waals surface area contributed by atoms with E-state index in [0.29, 0.717) is 0 Å². The molecular weight excluding hydrogens is 335 g/mol. The Kier molecular flexibility index (Phi) is 5.14. The normalized spacial score (nSPS) is 16.7. The molecule has 0 aromatic heterocycles. The lowest BCUT2D eigenvalue weighted by atomic mass is 9.95. The van der Waals surface area contributed by atoms with E-state index in [1.165, 1.54) is 12.5 Å². The van der Waals surface area contributed by atoms with Gasteiger partial charge in [0.25, 0.3) is 5.91 Å². The van der Waals surface area contributed by atoms with Gasteiger partial charge in [-0.2, -0.15) is 0 Å². The predicted molar refractivity (Wildman–Crippen MR) is 82.2 cm³/mol. The molecule has 116 valence electrons.